The Kier molecular flexibility index (Phi) is 7.57. The average Bonchev–Trinajstić information content (AvgIpc) is 2.71. The molecule has 0 unspecified atom stereocenters. The molecule has 0 aromatic heterocycles. The van der Waals surface area contributed by atoms with E-state index in [-0.39, 0.29) is 5.91 Å². The van der Waals surface area contributed by atoms with E-state index in [0.717, 1.165) is 24.2 Å². The van der Waals surface area contributed by atoms with Crippen molar-refractivity contribution in [3.05, 3.63) is 71.8 Å². The van der Waals surface area contributed by atoms with Gasteiger partial charge in [-0.1, -0.05) is 60.7 Å². The number of nitrogens with zero attached hydrogens (tertiary/aromatic N) is 3. The van der Waals surface area contributed by atoms with Gasteiger partial charge in [0.2, 0.25) is 5.91 Å². The summed E-state index contributed by atoms with van der Waals surface area (Å²) in [7, 11) is 1.94. The van der Waals surface area contributed by atoms with Gasteiger partial charge in [0.05, 0.1) is 12.6 Å². The molecule has 27 heavy (non-hydrogen) atoms. The van der Waals surface area contributed by atoms with Crippen molar-refractivity contribution in [2.24, 2.45) is 0 Å². The van der Waals surface area contributed by atoms with E-state index >= 15 is 0 Å². The summed E-state index contributed by atoms with van der Waals surface area (Å²) in [4.78, 5) is 16.2. The number of amides is 1. The van der Waals surface area contributed by atoms with E-state index in [0.29, 0.717) is 19.5 Å². The van der Waals surface area contributed by atoms with Gasteiger partial charge >= 0.3 is 0 Å². The molecule has 0 fully saturated rings. The highest BCUT2D eigenvalue weighted by atomic mass is 16.2. The van der Waals surface area contributed by atoms with Crippen LogP contribution >= 0.6 is 0 Å². The van der Waals surface area contributed by atoms with Gasteiger partial charge in [-0.05, 0) is 38.4 Å². The molecule has 0 saturated carbocycles. The number of hydrogen-bond donors (Lipinski definition) is 0. The molecule has 4 heteroatoms. The van der Waals surface area contributed by atoms with Crippen LogP contribution in [0.4, 0.5) is 0 Å². The van der Waals surface area contributed by atoms with Crippen LogP contribution in [0.25, 0.3) is 0 Å². The molecule has 0 aliphatic rings. The second-order valence-corrected chi connectivity index (χ2v) is 6.80. The number of nitriles is 1. The fraction of sp³-hybridized carbons (Fsp3) is 0.391. The van der Waals surface area contributed by atoms with Crippen LogP contribution in [-0.2, 0) is 10.2 Å². The number of carbonyl (C=O) groups excluding carboxylic acids is 1. The van der Waals surface area contributed by atoms with Crippen molar-refractivity contribution in [3.8, 4) is 6.07 Å². The van der Waals surface area contributed by atoms with Crippen molar-refractivity contribution in [1.82, 2.24) is 9.80 Å². The number of rotatable bonds is 9. The third kappa shape index (κ3) is 4.96. The highest BCUT2D eigenvalue weighted by molar-refractivity contribution is 5.78. The van der Waals surface area contributed by atoms with Crippen molar-refractivity contribution in [2.75, 3.05) is 33.2 Å². The lowest BCUT2D eigenvalue weighted by Gasteiger charge is -2.30. The summed E-state index contributed by atoms with van der Waals surface area (Å²) in [6, 6.07) is 22.4. The second-order valence-electron chi connectivity index (χ2n) is 6.80. The Hall–Kier alpha value is -2.64. The van der Waals surface area contributed by atoms with Crippen LogP contribution in [0.1, 0.15) is 31.4 Å². The molecule has 2 aromatic rings. The molecule has 0 bridgehead atoms. The van der Waals surface area contributed by atoms with E-state index in [1.54, 1.807) is 0 Å². The number of likely N-dealkylation sites (N-methyl/N-ethyl adjacent to an activating group) is 2. The van der Waals surface area contributed by atoms with E-state index in [1.165, 1.54) is 0 Å². The molecule has 0 N–H and O–H groups in total. The maximum atomic E-state index is 12.4. The Morgan fingerprint density at radius 2 is 1.44 bits per heavy atom. The van der Waals surface area contributed by atoms with E-state index in [4.69, 9.17) is 0 Å². The standard InChI is InChI=1S/C23H29N3O/c1-4-26(5-2)22(27)18-25(3)17-16-23(19-24,20-12-8-6-9-13-20)21-14-10-7-11-15-21/h6-15H,4-5,16-18H2,1-3H3. The Morgan fingerprint density at radius 1 is 0.963 bits per heavy atom. The Labute approximate surface area is 163 Å². The van der Waals surface area contributed by atoms with E-state index in [1.807, 2.05) is 91.4 Å². The monoisotopic (exact) mass is 363 g/mol. The summed E-state index contributed by atoms with van der Waals surface area (Å²) in [5.41, 5.74) is 1.25. The van der Waals surface area contributed by atoms with Gasteiger partial charge in [0, 0.05) is 19.6 Å². The maximum Gasteiger partial charge on any atom is 0.236 e. The van der Waals surface area contributed by atoms with Gasteiger partial charge in [-0.3, -0.25) is 9.69 Å². The predicted octanol–water partition coefficient (Wildman–Crippen LogP) is 3.69. The van der Waals surface area contributed by atoms with E-state index < -0.39 is 5.41 Å². The van der Waals surface area contributed by atoms with Crippen molar-refractivity contribution in [2.45, 2.75) is 25.7 Å². The molecule has 0 saturated heterocycles. The molecule has 1 amide bonds. The minimum Gasteiger partial charge on any atom is -0.342 e. The van der Waals surface area contributed by atoms with Crippen LogP contribution in [0, 0.1) is 11.3 Å². The summed E-state index contributed by atoms with van der Waals surface area (Å²) in [5.74, 6) is 0.129. The first kappa shape index (κ1) is 20.7. The van der Waals surface area contributed by atoms with Gasteiger partial charge in [-0.25, -0.2) is 0 Å². The highest BCUT2D eigenvalue weighted by Crippen LogP contribution is 2.35. The largest absolute Gasteiger partial charge is 0.342 e. The zero-order valence-corrected chi connectivity index (χ0v) is 16.6. The van der Waals surface area contributed by atoms with Gasteiger partial charge in [0.15, 0.2) is 0 Å². The quantitative estimate of drug-likeness (QED) is 0.683. The summed E-state index contributed by atoms with van der Waals surface area (Å²) in [5, 5.41) is 10.2. The Bertz CT molecular complexity index is 709. The van der Waals surface area contributed by atoms with Crippen LogP contribution < -0.4 is 0 Å². The molecule has 2 aromatic carbocycles. The van der Waals surface area contributed by atoms with Gasteiger partial charge in [-0.2, -0.15) is 5.26 Å². The average molecular weight is 364 g/mol. The third-order valence-electron chi connectivity index (χ3n) is 5.11. The zero-order valence-electron chi connectivity index (χ0n) is 16.6. The SMILES string of the molecule is CCN(CC)C(=O)CN(C)CCC(C#N)(c1ccccc1)c1ccccc1. The predicted molar refractivity (Wildman–Crippen MR) is 109 cm³/mol. The number of carbonyl (C=O) groups is 1. The normalized spacial score (nSPS) is 11.2. The molecule has 0 atom stereocenters. The van der Waals surface area contributed by atoms with Gasteiger partial charge in [0.1, 0.15) is 5.41 Å². The van der Waals surface area contributed by atoms with Crippen LogP contribution in [0.2, 0.25) is 0 Å². The fourth-order valence-electron chi connectivity index (χ4n) is 3.43. The van der Waals surface area contributed by atoms with Crippen molar-refractivity contribution >= 4 is 5.91 Å². The summed E-state index contributed by atoms with van der Waals surface area (Å²) >= 11 is 0. The van der Waals surface area contributed by atoms with E-state index in [2.05, 4.69) is 6.07 Å². The maximum absolute atomic E-state index is 12.4. The molecule has 0 aliphatic heterocycles. The molecule has 4 nitrogen and oxygen atoms in total. The molecular weight excluding hydrogens is 334 g/mol. The highest BCUT2D eigenvalue weighted by Gasteiger charge is 2.34. The lowest BCUT2D eigenvalue weighted by Crippen LogP contribution is -2.40. The lowest BCUT2D eigenvalue weighted by molar-refractivity contribution is -0.131. The first-order chi connectivity index (χ1) is 13.1. The minimum atomic E-state index is -0.727. The first-order valence-electron chi connectivity index (χ1n) is 9.56. The first-order valence-corrected chi connectivity index (χ1v) is 9.56. The molecule has 0 spiro atoms. The van der Waals surface area contributed by atoms with Crippen molar-refractivity contribution in [1.29, 1.82) is 5.26 Å². The molecule has 0 aliphatic carbocycles. The summed E-state index contributed by atoms with van der Waals surface area (Å²) in [6.45, 7) is 6.45. The van der Waals surface area contributed by atoms with Crippen LogP contribution in [-0.4, -0.2) is 48.9 Å². The molecule has 2 rings (SSSR count). The molecule has 0 radical (unpaired) electrons. The van der Waals surface area contributed by atoms with Gasteiger partial charge in [-0.15, -0.1) is 0 Å². The smallest absolute Gasteiger partial charge is 0.236 e. The molecule has 0 heterocycles. The number of hydrogen-bond acceptors (Lipinski definition) is 3. The van der Waals surface area contributed by atoms with Crippen LogP contribution in [0.15, 0.2) is 60.7 Å². The topological polar surface area (TPSA) is 47.3 Å². The van der Waals surface area contributed by atoms with E-state index in [9.17, 15) is 10.1 Å². The molecule has 142 valence electrons. The van der Waals surface area contributed by atoms with Gasteiger partial charge in [0.25, 0.3) is 0 Å². The Balaban J connectivity index is 2.21. The third-order valence-corrected chi connectivity index (χ3v) is 5.11. The molecular formula is C23H29N3O. The lowest BCUT2D eigenvalue weighted by atomic mass is 9.73. The zero-order chi connectivity index (χ0) is 19.7. The Morgan fingerprint density at radius 3 is 1.85 bits per heavy atom. The fourth-order valence-corrected chi connectivity index (χ4v) is 3.43. The van der Waals surface area contributed by atoms with Crippen molar-refractivity contribution in [3.63, 3.8) is 0 Å². The van der Waals surface area contributed by atoms with Crippen LogP contribution in [0.5, 0.6) is 0 Å². The summed E-state index contributed by atoms with van der Waals surface area (Å²) < 4.78 is 0. The van der Waals surface area contributed by atoms with Crippen molar-refractivity contribution < 1.29 is 4.79 Å². The number of benzene rings is 2. The summed E-state index contributed by atoms with van der Waals surface area (Å²) in [6.07, 6.45) is 0.625. The second kappa shape index (κ2) is 9.89. The van der Waals surface area contributed by atoms with Gasteiger partial charge < -0.3 is 4.90 Å². The van der Waals surface area contributed by atoms with Crippen LogP contribution in [0.3, 0.4) is 0 Å². The minimum absolute atomic E-state index is 0.129.